The third-order valence-corrected chi connectivity index (χ3v) is 7.67. The number of ether oxygens (including phenoxy) is 2. The van der Waals surface area contributed by atoms with Crippen molar-refractivity contribution in [2.45, 2.75) is 36.9 Å². The Morgan fingerprint density at radius 3 is 2.76 bits per heavy atom. The molecule has 2 aromatic rings. The second kappa shape index (κ2) is 10.0. The molecule has 0 aromatic heterocycles. The standard InChI is InChI=1S/C24H29ClN2O5S/c1-2-23(28)21-7-4-17(21)13-27-15-31-10-9-16-11-19(25)5-3-18(16)14-32-24-8-6-20(12-22(24)27)33(26,29)30/h2-3,5-6,8,11-12,17,21,23,28H,1,4,7,9-10,13-15H2,(H2,26,29,30)/t17-,21+,23-/m0/s1. The Labute approximate surface area is 199 Å². The van der Waals surface area contributed by atoms with E-state index >= 15 is 0 Å². The number of sulfonamides is 1. The number of benzene rings is 2. The van der Waals surface area contributed by atoms with Gasteiger partial charge in [-0.25, -0.2) is 13.6 Å². The van der Waals surface area contributed by atoms with Gasteiger partial charge in [0.1, 0.15) is 19.1 Å². The van der Waals surface area contributed by atoms with Crippen molar-refractivity contribution in [3.63, 3.8) is 0 Å². The van der Waals surface area contributed by atoms with Crippen molar-refractivity contribution in [3.8, 4) is 5.75 Å². The predicted octanol–water partition coefficient (Wildman–Crippen LogP) is 3.48. The van der Waals surface area contributed by atoms with Gasteiger partial charge in [0.15, 0.2) is 0 Å². The lowest BCUT2D eigenvalue weighted by molar-refractivity contribution is 0.0414. The van der Waals surface area contributed by atoms with Crippen LogP contribution in [-0.4, -0.2) is 39.5 Å². The van der Waals surface area contributed by atoms with Crippen molar-refractivity contribution in [1.29, 1.82) is 0 Å². The molecule has 7 nitrogen and oxygen atoms in total. The van der Waals surface area contributed by atoms with Crippen LogP contribution in [0.5, 0.6) is 5.75 Å². The summed E-state index contributed by atoms with van der Waals surface area (Å²) in [6.07, 6.45) is 3.55. The first-order valence-corrected chi connectivity index (χ1v) is 12.9. The Hall–Kier alpha value is -2.10. The Morgan fingerprint density at radius 2 is 2.06 bits per heavy atom. The number of halogens is 1. The molecule has 1 saturated carbocycles. The summed E-state index contributed by atoms with van der Waals surface area (Å²) in [6, 6.07) is 10.3. The van der Waals surface area contributed by atoms with Gasteiger partial charge in [0, 0.05) is 11.6 Å². The molecule has 0 unspecified atom stereocenters. The van der Waals surface area contributed by atoms with E-state index in [0.29, 0.717) is 42.6 Å². The van der Waals surface area contributed by atoms with E-state index in [4.69, 9.17) is 26.2 Å². The summed E-state index contributed by atoms with van der Waals surface area (Å²) < 4.78 is 36.3. The Balaban J connectivity index is 1.68. The van der Waals surface area contributed by atoms with Gasteiger partial charge in [-0.15, -0.1) is 6.58 Å². The van der Waals surface area contributed by atoms with Gasteiger partial charge in [-0.05, 0) is 72.6 Å². The van der Waals surface area contributed by atoms with E-state index in [1.54, 1.807) is 12.1 Å². The first-order valence-electron chi connectivity index (χ1n) is 11.0. The number of fused-ring (bicyclic) bond motifs is 2. The van der Waals surface area contributed by atoms with Crippen LogP contribution in [0.3, 0.4) is 0 Å². The molecule has 1 fully saturated rings. The molecule has 4 rings (SSSR count). The molecule has 1 heterocycles. The van der Waals surface area contributed by atoms with Crippen molar-refractivity contribution in [3.05, 3.63) is 65.2 Å². The summed E-state index contributed by atoms with van der Waals surface area (Å²) in [5, 5.41) is 16.3. The summed E-state index contributed by atoms with van der Waals surface area (Å²) in [5.41, 5.74) is 2.63. The van der Waals surface area contributed by atoms with Crippen molar-refractivity contribution in [2.75, 3.05) is 24.8 Å². The maximum atomic E-state index is 12.1. The van der Waals surface area contributed by atoms with Gasteiger partial charge >= 0.3 is 0 Å². The van der Waals surface area contributed by atoms with Crippen LogP contribution in [-0.2, 0) is 27.8 Å². The molecule has 0 radical (unpaired) electrons. The highest BCUT2D eigenvalue weighted by molar-refractivity contribution is 7.89. The minimum Gasteiger partial charge on any atom is -0.487 e. The second-order valence-corrected chi connectivity index (χ2v) is 10.6. The molecule has 0 spiro atoms. The largest absolute Gasteiger partial charge is 0.487 e. The molecule has 0 saturated heterocycles. The second-order valence-electron chi connectivity index (χ2n) is 8.61. The predicted molar refractivity (Wildman–Crippen MR) is 128 cm³/mol. The average Bonchev–Trinajstić information content (AvgIpc) is 2.79. The number of rotatable bonds is 5. The zero-order valence-corrected chi connectivity index (χ0v) is 19.9. The summed E-state index contributed by atoms with van der Waals surface area (Å²) in [5.74, 6) is 0.862. The third-order valence-electron chi connectivity index (χ3n) is 6.53. The molecule has 1 aliphatic carbocycles. The number of primary sulfonamides is 1. The Kier molecular flexibility index (Phi) is 7.31. The summed E-state index contributed by atoms with van der Waals surface area (Å²) in [4.78, 5) is 1.98. The molecule has 178 valence electrons. The monoisotopic (exact) mass is 492 g/mol. The molecule has 2 aliphatic rings. The first-order chi connectivity index (χ1) is 15.8. The fraction of sp³-hybridized carbons (Fsp3) is 0.417. The van der Waals surface area contributed by atoms with Crippen molar-refractivity contribution in [1.82, 2.24) is 0 Å². The zero-order valence-electron chi connectivity index (χ0n) is 18.3. The zero-order chi connectivity index (χ0) is 23.6. The number of aliphatic hydroxyl groups is 1. The van der Waals surface area contributed by atoms with E-state index in [1.165, 1.54) is 12.1 Å². The van der Waals surface area contributed by atoms with Crippen LogP contribution >= 0.6 is 11.6 Å². The third kappa shape index (κ3) is 5.53. The maximum Gasteiger partial charge on any atom is 0.238 e. The van der Waals surface area contributed by atoms with E-state index < -0.39 is 16.1 Å². The molecule has 3 atom stereocenters. The fourth-order valence-electron chi connectivity index (χ4n) is 4.47. The van der Waals surface area contributed by atoms with E-state index in [1.807, 2.05) is 23.1 Å². The van der Waals surface area contributed by atoms with Gasteiger partial charge in [-0.2, -0.15) is 0 Å². The number of anilines is 1. The molecule has 0 bridgehead atoms. The summed E-state index contributed by atoms with van der Waals surface area (Å²) in [7, 11) is -3.90. The Bertz CT molecular complexity index is 1120. The molecule has 33 heavy (non-hydrogen) atoms. The van der Waals surface area contributed by atoms with Gasteiger partial charge in [-0.3, -0.25) is 0 Å². The minimum atomic E-state index is -3.90. The molecule has 2 aromatic carbocycles. The summed E-state index contributed by atoms with van der Waals surface area (Å²) in [6.45, 7) is 5.31. The van der Waals surface area contributed by atoms with Gasteiger partial charge in [0.05, 0.1) is 23.3 Å². The normalized spacial score (nSPS) is 22.1. The van der Waals surface area contributed by atoms with Crippen molar-refractivity contribution in [2.24, 2.45) is 17.0 Å². The van der Waals surface area contributed by atoms with E-state index in [9.17, 15) is 13.5 Å². The molecular formula is C24H29ClN2O5S. The minimum absolute atomic E-state index is 0.00758. The highest BCUT2D eigenvalue weighted by Crippen LogP contribution is 2.40. The van der Waals surface area contributed by atoms with Crippen LogP contribution in [0.15, 0.2) is 53.9 Å². The first kappa shape index (κ1) is 24.0. The lowest BCUT2D eigenvalue weighted by atomic mass is 9.70. The Morgan fingerprint density at radius 1 is 1.24 bits per heavy atom. The topological polar surface area (TPSA) is 102 Å². The van der Waals surface area contributed by atoms with Gasteiger partial charge in [-0.1, -0.05) is 23.7 Å². The average molecular weight is 493 g/mol. The molecule has 9 heteroatoms. The molecule has 0 amide bonds. The number of hydrogen-bond donors (Lipinski definition) is 2. The number of nitrogens with zero attached hydrogens (tertiary/aromatic N) is 1. The van der Waals surface area contributed by atoms with Crippen LogP contribution in [0.4, 0.5) is 5.69 Å². The lowest BCUT2D eigenvalue weighted by Gasteiger charge is -2.42. The maximum absolute atomic E-state index is 12.1. The molecular weight excluding hydrogens is 464 g/mol. The number of nitrogens with two attached hydrogens (primary N) is 1. The number of aliphatic hydroxyl groups excluding tert-OH is 1. The van der Waals surface area contributed by atoms with Gasteiger partial charge in [0.2, 0.25) is 10.0 Å². The van der Waals surface area contributed by atoms with Crippen molar-refractivity contribution >= 4 is 27.3 Å². The van der Waals surface area contributed by atoms with Crippen LogP contribution < -0.4 is 14.8 Å². The van der Waals surface area contributed by atoms with Crippen LogP contribution in [0.2, 0.25) is 5.02 Å². The van der Waals surface area contributed by atoms with E-state index in [-0.39, 0.29) is 23.5 Å². The van der Waals surface area contributed by atoms with Crippen LogP contribution in [0.1, 0.15) is 24.0 Å². The highest BCUT2D eigenvalue weighted by atomic mass is 35.5. The quantitative estimate of drug-likeness (QED) is 0.619. The fourth-order valence-corrected chi connectivity index (χ4v) is 5.20. The summed E-state index contributed by atoms with van der Waals surface area (Å²) >= 11 is 6.19. The van der Waals surface area contributed by atoms with Crippen molar-refractivity contribution < 1.29 is 23.0 Å². The van der Waals surface area contributed by atoms with Crippen LogP contribution in [0, 0.1) is 11.8 Å². The molecule has 3 N–H and O–H groups in total. The highest BCUT2D eigenvalue weighted by Gasteiger charge is 2.36. The van der Waals surface area contributed by atoms with Crippen LogP contribution in [0.25, 0.3) is 0 Å². The smallest absolute Gasteiger partial charge is 0.238 e. The van der Waals surface area contributed by atoms with E-state index in [2.05, 4.69) is 6.58 Å². The number of hydrogen-bond acceptors (Lipinski definition) is 6. The van der Waals surface area contributed by atoms with E-state index in [0.717, 1.165) is 24.0 Å². The van der Waals surface area contributed by atoms with Gasteiger partial charge < -0.3 is 19.5 Å². The lowest BCUT2D eigenvalue weighted by Crippen LogP contribution is -2.43. The van der Waals surface area contributed by atoms with Gasteiger partial charge in [0.25, 0.3) is 0 Å². The molecule has 1 aliphatic heterocycles. The SMILES string of the molecule is C=C[C@H](O)[C@@H]1CC[C@H]1CN1COCCc2cc(Cl)ccc2COc2ccc(S(N)(=O)=O)cc21.